The van der Waals surface area contributed by atoms with Gasteiger partial charge in [0.2, 0.25) is 5.78 Å². The first-order valence-corrected chi connectivity index (χ1v) is 6.85. The highest BCUT2D eigenvalue weighted by atomic mass is 79.9. The Morgan fingerprint density at radius 3 is 2.38 bits per heavy atom. The lowest BCUT2D eigenvalue weighted by Crippen LogP contribution is -2.68. The normalized spacial score (nSPS) is 36.4. The van der Waals surface area contributed by atoms with E-state index in [0.29, 0.717) is 0 Å². The topological polar surface area (TPSA) is 116 Å². The van der Waals surface area contributed by atoms with E-state index in [1.807, 2.05) is 0 Å². The van der Waals surface area contributed by atoms with Crippen LogP contribution in [0.4, 0.5) is 0 Å². The van der Waals surface area contributed by atoms with Gasteiger partial charge in [0, 0.05) is 5.56 Å². The SMILES string of the molecule is O=C(c1ccccc1)C1(OBr)O[C@H](CO)[C@@H](O)[C@H](O)[C@@H]1O. The molecule has 1 fully saturated rings. The minimum atomic E-state index is -2.27. The number of Topliss-reactive ketones (excluding diaryl/α,β-unsaturated/α-hetero) is 1. The van der Waals surface area contributed by atoms with Crippen molar-refractivity contribution >= 4 is 22.0 Å². The largest absolute Gasteiger partial charge is 0.394 e. The number of benzene rings is 1. The molecule has 1 aliphatic rings. The lowest BCUT2D eigenvalue weighted by molar-refractivity contribution is -0.306. The summed E-state index contributed by atoms with van der Waals surface area (Å²) in [4.78, 5) is 12.6. The summed E-state index contributed by atoms with van der Waals surface area (Å²) in [7, 11) is 0. The highest BCUT2D eigenvalue weighted by Gasteiger charge is 2.59. The number of carbonyl (C=O) groups excluding carboxylic acids is 1. The van der Waals surface area contributed by atoms with E-state index in [1.165, 1.54) is 12.1 Å². The molecular weight excluding hydrogens is 348 g/mol. The number of ether oxygens (including phenoxy) is 1. The second-order valence-electron chi connectivity index (χ2n) is 4.70. The molecule has 0 spiro atoms. The molecule has 1 unspecified atom stereocenters. The van der Waals surface area contributed by atoms with Gasteiger partial charge in [0.05, 0.1) is 6.61 Å². The van der Waals surface area contributed by atoms with Crippen molar-refractivity contribution in [2.45, 2.75) is 30.2 Å². The first-order valence-electron chi connectivity index (χ1n) is 6.20. The third-order valence-electron chi connectivity index (χ3n) is 3.42. The van der Waals surface area contributed by atoms with Crippen LogP contribution in [-0.4, -0.2) is 63.0 Å². The Balaban J connectivity index is 2.41. The zero-order valence-electron chi connectivity index (χ0n) is 10.8. The fraction of sp³-hybridized carbons (Fsp3) is 0.462. The van der Waals surface area contributed by atoms with Gasteiger partial charge in [0.15, 0.2) is 0 Å². The van der Waals surface area contributed by atoms with Gasteiger partial charge in [0.25, 0.3) is 5.79 Å². The predicted octanol–water partition coefficient (Wildman–Crippen LogP) is -0.634. The molecule has 2 rings (SSSR count). The molecule has 0 aromatic heterocycles. The Bertz CT molecular complexity index is 495. The Hall–Kier alpha value is -0.870. The van der Waals surface area contributed by atoms with Crippen molar-refractivity contribution < 1.29 is 33.8 Å². The van der Waals surface area contributed by atoms with E-state index in [4.69, 9.17) is 8.57 Å². The number of ketones is 1. The van der Waals surface area contributed by atoms with E-state index in [9.17, 15) is 25.2 Å². The number of rotatable bonds is 4. The average molecular weight is 363 g/mol. The average Bonchev–Trinajstić information content (AvgIpc) is 2.54. The highest BCUT2D eigenvalue weighted by molar-refractivity contribution is 9.06. The number of halogens is 1. The van der Waals surface area contributed by atoms with Gasteiger partial charge >= 0.3 is 0 Å². The molecule has 116 valence electrons. The fourth-order valence-corrected chi connectivity index (χ4v) is 2.63. The summed E-state index contributed by atoms with van der Waals surface area (Å²) < 4.78 is 10.1. The van der Waals surface area contributed by atoms with E-state index >= 15 is 0 Å². The van der Waals surface area contributed by atoms with Crippen LogP contribution in [0.1, 0.15) is 10.4 Å². The lowest BCUT2D eigenvalue weighted by atomic mass is 9.88. The molecule has 5 atom stereocenters. The van der Waals surface area contributed by atoms with E-state index < -0.39 is 42.6 Å². The molecule has 4 N–H and O–H groups in total. The Kier molecular flexibility index (Phi) is 5.10. The molecule has 1 aromatic carbocycles. The van der Waals surface area contributed by atoms with Crippen LogP contribution in [0.15, 0.2) is 30.3 Å². The van der Waals surface area contributed by atoms with Crippen molar-refractivity contribution in [2.75, 3.05) is 6.61 Å². The Labute approximate surface area is 129 Å². The molecule has 21 heavy (non-hydrogen) atoms. The van der Waals surface area contributed by atoms with Crippen molar-refractivity contribution in [3.05, 3.63) is 35.9 Å². The summed E-state index contributed by atoms with van der Waals surface area (Å²) >= 11 is 2.63. The van der Waals surface area contributed by atoms with Gasteiger partial charge in [-0.1, -0.05) is 30.3 Å². The third-order valence-corrected chi connectivity index (χ3v) is 3.90. The van der Waals surface area contributed by atoms with E-state index in [-0.39, 0.29) is 5.56 Å². The molecule has 1 saturated heterocycles. The van der Waals surface area contributed by atoms with Gasteiger partial charge in [-0.25, -0.2) is 0 Å². The smallest absolute Gasteiger partial charge is 0.274 e. The van der Waals surface area contributed by atoms with Crippen molar-refractivity contribution in [1.82, 2.24) is 0 Å². The maximum Gasteiger partial charge on any atom is 0.274 e. The maximum atomic E-state index is 12.6. The van der Waals surface area contributed by atoms with Crippen LogP contribution in [0.5, 0.6) is 0 Å². The predicted molar refractivity (Wildman–Crippen MR) is 73.5 cm³/mol. The minimum absolute atomic E-state index is 0.177. The third kappa shape index (κ3) is 2.76. The van der Waals surface area contributed by atoms with Gasteiger partial charge < -0.3 is 25.2 Å². The van der Waals surface area contributed by atoms with Gasteiger partial charge in [-0.2, -0.15) is 0 Å². The maximum absolute atomic E-state index is 12.6. The Morgan fingerprint density at radius 1 is 1.24 bits per heavy atom. The van der Waals surface area contributed by atoms with Crippen LogP contribution in [-0.2, 0) is 8.57 Å². The highest BCUT2D eigenvalue weighted by Crippen LogP contribution is 2.35. The van der Waals surface area contributed by atoms with Crippen molar-refractivity contribution in [2.24, 2.45) is 0 Å². The van der Waals surface area contributed by atoms with Gasteiger partial charge in [-0.3, -0.25) is 8.62 Å². The standard InChI is InChI=1S/C13H15BrO7/c14-21-13(11(18)7-4-2-1-3-5-7)12(19)10(17)9(16)8(6-15)20-13/h1-5,8-10,12,15-17,19H,6H2/t8-,9-,10+,12+,13?/m1/s1. The van der Waals surface area contributed by atoms with Crippen LogP contribution in [0.25, 0.3) is 0 Å². The molecule has 8 heteroatoms. The molecular formula is C13H15BrO7. The summed E-state index contributed by atoms with van der Waals surface area (Å²) in [6.07, 6.45) is -6.40. The number of hydrogen-bond acceptors (Lipinski definition) is 7. The molecule has 7 nitrogen and oxygen atoms in total. The molecule has 0 amide bonds. The van der Waals surface area contributed by atoms with E-state index in [2.05, 4.69) is 16.3 Å². The Morgan fingerprint density at radius 2 is 1.86 bits per heavy atom. The molecule has 0 saturated carbocycles. The van der Waals surface area contributed by atoms with Gasteiger partial charge in [0.1, 0.15) is 40.7 Å². The lowest BCUT2D eigenvalue weighted by Gasteiger charge is -2.45. The number of carbonyl (C=O) groups is 1. The molecule has 0 bridgehead atoms. The zero-order valence-corrected chi connectivity index (χ0v) is 12.4. The number of aliphatic hydroxyl groups is 4. The molecule has 1 aliphatic heterocycles. The van der Waals surface area contributed by atoms with E-state index in [1.54, 1.807) is 18.2 Å². The van der Waals surface area contributed by atoms with Crippen LogP contribution < -0.4 is 0 Å². The first kappa shape index (κ1) is 16.5. The summed E-state index contributed by atoms with van der Waals surface area (Å²) in [5.74, 6) is -3.02. The van der Waals surface area contributed by atoms with Crippen LogP contribution >= 0.6 is 16.3 Å². The molecule has 0 radical (unpaired) electrons. The summed E-state index contributed by atoms with van der Waals surface area (Å²) in [5, 5.41) is 38.9. The first-order chi connectivity index (χ1) is 9.97. The second kappa shape index (κ2) is 6.49. The van der Waals surface area contributed by atoms with Crippen molar-refractivity contribution in [3.63, 3.8) is 0 Å². The van der Waals surface area contributed by atoms with Crippen molar-refractivity contribution in [1.29, 1.82) is 0 Å². The fourth-order valence-electron chi connectivity index (χ4n) is 2.22. The van der Waals surface area contributed by atoms with Crippen LogP contribution in [0.2, 0.25) is 0 Å². The molecule has 1 aromatic rings. The quantitative estimate of drug-likeness (QED) is 0.526. The summed E-state index contributed by atoms with van der Waals surface area (Å²) in [5.41, 5.74) is 0.177. The van der Waals surface area contributed by atoms with Crippen molar-refractivity contribution in [3.8, 4) is 0 Å². The molecule has 0 aliphatic carbocycles. The van der Waals surface area contributed by atoms with Crippen LogP contribution in [0.3, 0.4) is 0 Å². The zero-order chi connectivity index (χ0) is 15.6. The number of aliphatic hydroxyl groups excluding tert-OH is 4. The van der Waals surface area contributed by atoms with E-state index in [0.717, 1.165) is 0 Å². The minimum Gasteiger partial charge on any atom is -0.394 e. The monoisotopic (exact) mass is 362 g/mol. The van der Waals surface area contributed by atoms with Gasteiger partial charge in [-0.05, 0) is 0 Å². The molecule has 1 heterocycles. The van der Waals surface area contributed by atoms with Gasteiger partial charge in [-0.15, -0.1) is 0 Å². The van der Waals surface area contributed by atoms with Crippen LogP contribution in [0, 0.1) is 0 Å². The summed E-state index contributed by atoms with van der Waals surface area (Å²) in [6, 6.07) is 7.89. The number of hydrogen-bond donors (Lipinski definition) is 4. The second-order valence-corrected chi connectivity index (χ2v) is 5.03. The summed E-state index contributed by atoms with van der Waals surface area (Å²) in [6.45, 7) is -0.662.